The summed E-state index contributed by atoms with van der Waals surface area (Å²) in [6, 6.07) is 0. The molecule has 5 aliphatic rings. The van der Waals surface area contributed by atoms with Gasteiger partial charge in [0.25, 0.3) is 0 Å². The zero-order valence-electron chi connectivity index (χ0n) is 19.5. The Labute approximate surface area is 182 Å². The Hall–Kier alpha value is -0.870. The van der Waals surface area contributed by atoms with Crippen molar-refractivity contribution in [2.75, 3.05) is 13.2 Å². The van der Waals surface area contributed by atoms with Gasteiger partial charge in [-0.25, -0.2) is 0 Å². The molecule has 0 bridgehead atoms. The first-order valence-electron chi connectivity index (χ1n) is 12.3. The number of ether oxygens (including phenoxy) is 3. The van der Waals surface area contributed by atoms with Crippen molar-refractivity contribution in [3.05, 3.63) is 11.6 Å². The van der Waals surface area contributed by atoms with Crippen LogP contribution in [-0.2, 0) is 19.0 Å². The summed E-state index contributed by atoms with van der Waals surface area (Å²) in [5.41, 5.74) is 2.16. The fourth-order valence-electron chi connectivity index (χ4n) is 9.15. The predicted molar refractivity (Wildman–Crippen MR) is 116 cm³/mol. The van der Waals surface area contributed by atoms with Crippen molar-refractivity contribution in [3.8, 4) is 0 Å². The number of rotatable bonds is 2. The van der Waals surface area contributed by atoms with E-state index < -0.39 is 5.79 Å². The first-order chi connectivity index (χ1) is 14.2. The van der Waals surface area contributed by atoms with E-state index >= 15 is 0 Å². The first-order valence-corrected chi connectivity index (χ1v) is 12.3. The maximum atomic E-state index is 11.5. The molecule has 168 valence electrons. The van der Waals surface area contributed by atoms with Crippen LogP contribution in [0.4, 0.5) is 0 Å². The summed E-state index contributed by atoms with van der Waals surface area (Å²) in [6.07, 6.45) is 10.8. The lowest BCUT2D eigenvalue weighted by molar-refractivity contribution is -0.222. The molecule has 1 aliphatic heterocycles. The van der Waals surface area contributed by atoms with E-state index in [-0.39, 0.29) is 17.5 Å². The fourth-order valence-corrected chi connectivity index (χ4v) is 9.15. The number of allylic oxidation sites excluding steroid dienone is 1. The molecule has 0 radical (unpaired) electrons. The molecule has 0 spiro atoms. The number of carbonyl (C=O) groups is 1. The fraction of sp³-hybridized carbons (Fsp3) is 0.885. The molecule has 3 unspecified atom stereocenters. The third-order valence-electron chi connectivity index (χ3n) is 10.2. The summed E-state index contributed by atoms with van der Waals surface area (Å²) in [5, 5.41) is 0. The van der Waals surface area contributed by atoms with Crippen molar-refractivity contribution in [2.45, 2.75) is 91.5 Å². The van der Waals surface area contributed by atoms with Crippen LogP contribution in [-0.4, -0.2) is 31.1 Å². The lowest BCUT2D eigenvalue weighted by Gasteiger charge is -2.58. The van der Waals surface area contributed by atoms with Gasteiger partial charge < -0.3 is 14.2 Å². The predicted octanol–water partition coefficient (Wildman–Crippen LogP) is 5.51. The van der Waals surface area contributed by atoms with Gasteiger partial charge >= 0.3 is 5.97 Å². The third-order valence-corrected chi connectivity index (χ3v) is 10.2. The Kier molecular flexibility index (Phi) is 4.95. The first kappa shape index (κ1) is 21.0. The van der Waals surface area contributed by atoms with Gasteiger partial charge in [0.05, 0.1) is 13.2 Å². The molecule has 1 saturated heterocycles. The summed E-state index contributed by atoms with van der Waals surface area (Å²) in [7, 11) is 0. The molecule has 0 aromatic rings. The van der Waals surface area contributed by atoms with Gasteiger partial charge in [-0.2, -0.15) is 0 Å². The topological polar surface area (TPSA) is 44.8 Å². The zero-order valence-corrected chi connectivity index (χ0v) is 19.5. The molecule has 5 rings (SSSR count). The molecule has 4 heteroatoms. The average Bonchev–Trinajstić information content (AvgIpc) is 3.22. The van der Waals surface area contributed by atoms with Crippen LogP contribution in [0.15, 0.2) is 11.6 Å². The summed E-state index contributed by atoms with van der Waals surface area (Å²) in [5.74, 6) is 2.86. The van der Waals surface area contributed by atoms with Gasteiger partial charge in [0.1, 0.15) is 6.10 Å². The van der Waals surface area contributed by atoms with Crippen LogP contribution in [0.2, 0.25) is 0 Å². The summed E-state index contributed by atoms with van der Waals surface area (Å²) in [6.45, 7) is 12.7. The second-order valence-electron chi connectivity index (χ2n) is 11.7. The largest absolute Gasteiger partial charge is 0.462 e. The van der Waals surface area contributed by atoms with Crippen molar-refractivity contribution in [3.63, 3.8) is 0 Å². The van der Waals surface area contributed by atoms with Gasteiger partial charge in [-0.3, -0.25) is 4.79 Å². The second-order valence-corrected chi connectivity index (χ2v) is 11.7. The Morgan fingerprint density at radius 1 is 1.10 bits per heavy atom. The van der Waals surface area contributed by atoms with Gasteiger partial charge in [0, 0.05) is 19.3 Å². The SMILES string of the molecule is CC(=O)OC1CC[C@@]2(C)C(=CC[C@@H]3[C@@H]2CC[C@]2(C)C(C4(C)OCCO4)C(C)C[C@@H]32)C1. The summed E-state index contributed by atoms with van der Waals surface area (Å²) in [4.78, 5) is 11.5. The molecule has 8 atom stereocenters. The van der Waals surface area contributed by atoms with Gasteiger partial charge in [-0.15, -0.1) is 0 Å². The van der Waals surface area contributed by atoms with Crippen LogP contribution in [0.3, 0.4) is 0 Å². The molecule has 30 heavy (non-hydrogen) atoms. The zero-order chi connectivity index (χ0) is 21.3. The van der Waals surface area contributed by atoms with Crippen molar-refractivity contribution in [1.82, 2.24) is 0 Å². The standard InChI is InChI=1S/C26H40O4/c1-16-14-22-20-7-6-18-15-19(30-17(2)27)8-10-24(18,3)21(20)9-11-25(22,4)23(16)26(5)28-12-13-29-26/h6,16,19-23H,7-15H2,1-5H3/t16?,19?,20-,21+,22+,23?,24+,25+/m1/s1. The molecular formula is C26H40O4. The summed E-state index contributed by atoms with van der Waals surface area (Å²) < 4.78 is 18.0. The van der Waals surface area contributed by atoms with E-state index in [4.69, 9.17) is 14.2 Å². The van der Waals surface area contributed by atoms with Crippen molar-refractivity contribution >= 4 is 5.97 Å². The Balaban J connectivity index is 1.42. The van der Waals surface area contributed by atoms with Crippen LogP contribution < -0.4 is 0 Å². The highest BCUT2D eigenvalue weighted by atomic mass is 16.7. The number of hydrogen-bond acceptors (Lipinski definition) is 4. The smallest absolute Gasteiger partial charge is 0.302 e. The molecule has 1 heterocycles. The molecule has 4 aliphatic carbocycles. The molecule has 4 nitrogen and oxygen atoms in total. The van der Waals surface area contributed by atoms with E-state index in [1.165, 1.54) is 32.6 Å². The van der Waals surface area contributed by atoms with Crippen LogP contribution in [0.25, 0.3) is 0 Å². The molecule has 0 aromatic heterocycles. The number of fused-ring (bicyclic) bond motifs is 5. The van der Waals surface area contributed by atoms with Gasteiger partial charge in [-0.05, 0) is 80.0 Å². The number of hydrogen-bond donors (Lipinski definition) is 0. The molecule has 0 N–H and O–H groups in total. The molecule has 0 amide bonds. The maximum Gasteiger partial charge on any atom is 0.302 e. The van der Waals surface area contributed by atoms with Crippen LogP contribution >= 0.6 is 0 Å². The van der Waals surface area contributed by atoms with E-state index in [1.807, 2.05) is 0 Å². The lowest BCUT2D eigenvalue weighted by Crippen LogP contribution is -2.53. The van der Waals surface area contributed by atoms with Crippen LogP contribution in [0.1, 0.15) is 79.6 Å². The van der Waals surface area contributed by atoms with E-state index in [9.17, 15) is 4.79 Å². The highest BCUT2D eigenvalue weighted by Gasteiger charge is 2.64. The van der Waals surface area contributed by atoms with Gasteiger partial charge in [0.2, 0.25) is 0 Å². The third kappa shape index (κ3) is 2.96. The molecular weight excluding hydrogens is 376 g/mol. The Morgan fingerprint density at radius 2 is 1.83 bits per heavy atom. The van der Waals surface area contributed by atoms with Gasteiger partial charge in [-0.1, -0.05) is 32.4 Å². The molecule has 3 saturated carbocycles. The monoisotopic (exact) mass is 416 g/mol. The number of carbonyl (C=O) groups excluding carboxylic acids is 1. The number of esters is 1. The summed E-state index contributed by atoms with van der Waals surface area (Å²) >= 11 is 0. The highest BCUT2D eigenvalue weighted by molar-refractivity contribution is 5.66. The van der Waals surface area contributed by atoms with Crippen molar-refractivity contribution in [2.24, 2.45) is 40.4 Å². The second kappa shape index (κ2) is 7.07. The van der Waals surface area contributed by atoms with Crippen molar-refractivity contribution < 1.29 is 19.0 Å². The van der Waals surface area contributed by atoms with E-state index in [2.05, 4.69) is 33.8 Å². The lowest BCUT2D eigenvalue weighted by atomic mass is 9.47. The van der Waals surface area contributed by atoms with Crippen LogP contribution in [0.5, 0.6) is 0 Å². The van der Waals surface area contributed by atoms with Gasteiger partial charge in [0.15, 0.2) is 5.79 Å². The van der Waals surface area contributed by atoms with Crippen molar-refractivity contribution in [1.29, 1.82) is 0 Å². The minimum absolute atomic E-state index is 0.0831. The molecule has 0 aromatic carbocycles. The molecule has 4 fully saturated rings. The van der Waals surface area contributed by atoms with E-state index in [1.54, 1.807) is 5.57 Å². The maximum absolute atomic E-state index is 11.5. The van der Waals surface area contributed by atoms with Crippen LogP contribution in [0, 0.1) is 40.4 Å². The Morgan fingerprint density at radius 3 is 2.53 bits per heavy atom. The minimum atomic E-state index is -0.405. The van der Waals surface area contributed by atoms with E-state index in [0.717, 1.165) is 50.2 Å². The normalized spacial score (nSPS) is 49.6. The van der Waals surface area contributed by atoms with E-state index in [0.29, 0.717) is 17.3 Å². The minimum Gasteiger partial charge on any atom is -0.462 e. The quantitative estimate of drug-likeness (QED) is 0.440. The average molecular weight is 417 g/mol. The highest BCUT2D eigenvalue weighted by Crippen LogP contribution is 2.69. The Bertz CT molecular complexity index is 737.